The predicted molar refractivity (Wildman–Crippen MR) is 54.1 cm³/mol. The van der Waals surface area contributed by atoms with E-state index in [0.717, 1.165) is 6.42 Å². The minimum Gasteiger partial charge on any atom is -0.447 e. The Morgan fingerprint density at radius 3 is 2.50 bits per heavy atom. The van der Waals surface area contributed by atoms with E-state index in [-0.39, 0.29) is 18.4 Å². The van der Waals surface area contributed by atoms with Crippen molar-refractivity contribution in [1.82, 2.24) is 5.32 Å². The van der Waals surface area contributed by atoms with Crippen LogP contribution in [0.4, 0.5) is 4.79 Å². The second-order valence-electron chi connectivity index (χ2n) is 3.18. The number of alkyl carbamates (subject to hydrolysis) is 1. The number of rotatable bonds is 5. The maximum Gasteiger partial charge on any atom is 0.407 e. The van der Waals surface area contributed by atoms with Gasteiger partial charge in [-0.3, -0.25) is 4.79 Å². The third-order valence-corrected chi connectivity index (χ3v) is 1.75. The molecule has 80 valence electrons. The van der Waals surface area contributed by atoms with E-state index >= 15 is 0 Å². The molecule has 0 rings (SSSR count). The molecule has 1 atom stereocenters. The zero-order valence-electron chi connectivity index (χ0n) is 8.92. The van der Waals surface area contributed by atoms with Gasteiger partial charge in [0.1, 0.15) is 6.10 Å². The Morgan fingerprint density at radius 1 is 1.50 bits per heavy atom. The zero-order valence-corrected chi connectivity index (χ0v) is 8.92. The molecule has 4 heteroatoms. The highest BCUT2D eigenvalue weighted by Crippen LogP contribution is 1.96. The number of carbonyl (C=O) groups is 2. The second-order valence-corrected chi connectivity index (χ2v) is 3.18. The molecule has 0 aromatic rings. The van der Waals surface area contributed by atoms with Crippen molar-refractivity contribution in [2.45, 2.75) is 33.3 Å². The maximum atomic E-state index is 11.0. The summed E-state index contributed by atoms with van der Waals surface area (Å²) in [6.45, 7) is 8.72. The van der Waals surface area contributed by atoms with E-state index < -0.39 is 6.09 Å². The molecule has 0 heterocycles. The van der Waals surface area contributed by atoms with Gasteiger partial charge in [0.15, 0.2) is 5.78 Å². The third-order valence-electron chi connectivity index (χ3n) is 1.75. The summed E-state index contributed by atoms with van der Waals surface area (Å²) >= 11 is 0. The molecule has 0 aliphatic carbocycles. The normalized spacial score (nSPS) is 11.6. The molecule has 1 unspecified atom stereocenters. The van der Waals surface area contributed by atoms with Crippen molar-refractivity contribution in [3.05, 3.63) is 12.2 Å². The third kappa shape index (κ3) is 5.35. The lowest BCUT2D eigenvalue weighted by Crippen LogP contribution is -2.32. The molecule has 0 aromatic carbocycles. The van der Waals surface area contributed by atoms with E-state index in [1.165, 1.54) is 0 Å². The minimum absolute atomic E-state index is 0.0510. The highest BCUT2D eigenvalue weighted by molar-refractivity contribution is 5.97. The molecule has 4 nitrogen and oxygen atoms in total. The Balaban J connectivity index is 3.75. The van der Waals surface area contributed by atoms with Crippen LogP contribution in [0.2, 0.25) is 0 Å². The predicted octanol–water partition coefficient (Wildman–Crippen LogP) is 1.66. The van der Waals surface area contributed by atoms with Gasteiger partial charge in [-0.05, 0) is 25.8 Å². The van der Waals surface area contributed by atoms with Crippen molar-refractivity contribution in [2.24, 2.45) is 0 Å². The topological polar surface area (TPSA) is 55.4 Å². The zero-order chi connectivity index (χ0) is 11.1. The van der Waals surface area contributed by atoms with Crippen LogP contribution in [-0.4, -0.2) is 24.5 Å². The first kappa shape index (κ1) is 12.7. The molecule has 0 aliphatic heterocycles. The summed E-state index contributed by atoms with van der Waals surface area (Å²) in [5.41, 5.74) is 0.425. The summed E-state index contributed by atoms with van der Waals surface area (Å²) in [7, 11) is 0. The van der Waals surface area contributed by atoms with Gasteiger partial charge in [-0.15, -0.1) is 0 Å². The first-order chi connectivity index (χ1) is 6.47. The highest BCUT2D eigenvalue weighted by Gasteiger charge is 2.09. The first-order valence-electron chi connectivity index (χ1n) is 4.60. The van der Waals surface area contributed by atoms with Crippen LogP contribution in [0.25, 0.3) is 0 Å². The molecule has 0 aromatic heterocycles. The number of amides is 1. The fourth-order valence-corrected chi connectivity index (χ4v) is 0.611. The summed E-state index contributed by atoms with van der Waals surface area (Å²) in [5, 5.41) is 2.36. The standard InChI is InChI=1S/C10H17NO3/c1-5-8(4)14-10(13)11-6-9(12)7(2)3/h8H,2,5-6H2,1,3-4H3,(H,11,13). The Kier molecular flexibility index (Phi) is 5.60. The van der Waals surface area contributed by atoms with Crippen molar-refractivity contribution in [3.8, 4) is 0 Å². The van der Waals surface area contributed by atoms with Crippen LogP contribution >= 0.6 is 0 Å². The minimum atomic E-state index is -0.561. The van der Waals surface area contributed by atoms with Crippen LogP contribution in [-0.2, 0) is 9.53 Å². The highest BCUT2D eigenvalue weighted by atomic mass is 16.6. The van der Waals surface area contributed by atoms with E-state index in [0.29, 0.717) is 5.57 Å². The average Bonchev–Trinajstić information content (AvgIpc) is 2.13. The van der Waals surface area contributed by atoms with Crippen LogP contribution in [0.15, 0.2) is 12.2 Å². The van der Waals surface area contributed by atoms with E-state index in [9.17, 15) is 9.59 Å². The fourth-order valence-electron chi connectivity index (χ4n) is 0.611. The first-order valence-corrected chi connectivity index (χ1v) is 4.60. The van der Waals surface area contributed by atoms with Crippen LogP contribution in [0, 0.1) is 0 Å². The van der Waals surface area contributed by atoms with E-state index in [1.54, 1.807) is 13.8 Å². The van der Waals surface area contributed by atoms with Gasteiger partial charge in [-0.25, -0.2) is 4.79 Å². The van der Waals surface area contributed by atoms with Crippen LogP contribution in [0.5, 0.6) is 0 Å². The molecule has 1 amide bonds. The van der Waals surface area contributed by atoms with E-state index in [2.05, 4.69) is 11.9 Å². The summed E-state index contributed by atoms with van der Waals surface area (Å²) in [4.78, 5) is 22.1. The van der Waals surface area contributed by atoms with Gasteiger partial charge in [0.2, 0.25) is 0 Å². The van der Waals surface area contributed by atoms with Gasteiger partial charge in [-0.2, -0.15) is 0 Å². The van der Waals surface area contributed by atoms with Crippen LogP contribution in [0.1, 0.15) is 27.2 Å². The fraction of sp³-hybridized carbons (Fsp3) is 0.600. The molecule has 0 radical (unpaired) electrons. The van der Waals surface area contributed by atoms with Gasteiger partial charge in [0.25, 0.3) is 0 Å². The Morgan fingerprint density at radius 2 is 2.07 bits per heavy atom. The Labute approximate surface area is 84.3 Å². The van der Waals surface area contributed by atoms with Gasteiger partial charge in [-0.1, -0.05) is 13.5 Å². The molecule has 0 spiro atoms. The SMILES string of the molecule is C=C(C)C(=O)CNC(=O)OC(C)CC. The quantitative estimate of drug-likeness (QED) is 0.685. The average molecular weight is 199 g/mol. The molecule has 0 fully saturated rings. The van der Waals surface area contributed by atoms with Crippen molar-refractivity contribution < 1.29 is 14.3 Å². The molecule has 0 saturated heterocycles. The molecular weight excluding hydrogens is 182 g/mol. The lowest BCUT2D eigenvalue weighted by molar-refractivity contribution is -0.114. The van der Waals surface area contributed by atoms with Gasteiger partial charge < -0.3 is 10.1 Å². The number of nitrogens with one attached hydrogen (secondary N) is 1. The smallest absolute Gasteiger partial charge is 0.407 e. The molecular formula is C10H17NO3. The van der Waals surface area contributed by atoms with Crippen LogP contribution in [0.3, 0.4) is 0 Å². The number of hydrogen-bond acceptors (Lipinski definition) is 3. The Hall–Kier alpha value is -1.32. The Bertz CT molecular complexity index is 236. The summed E-state index contributed by atoms with van der Waals surface area (Å²) < 4.78 is 4.90. The number of hydrogen-bond donors (Lipinski definition) is 1. The summed E-state index contributed by atoms with van der Waals surface area (Å²) in [6, 6.07) is 0. The molecule has 0 bridgehead atoms. The summed E-state index contributed by atoms with van der Waals surface area (Å²) in [6.07, 6.45) is 0.0610. The van der Waals surface area contributed by atoms with E-state index in [4.69, 9.17) is 4.74 Å². The number of Topliss-reactive ketones (excluding diaryl/α,β-unsaturated/α-hetero) is 1. The summed E-state index contributed by atoms with van der Waals surface area (Å²) in [5.74, 6) is -0.189. The van der Waals surface area contributed by atoms with Gasteiger partial charge in [0, 0.05) is 0 Å². The monoisotopic (exact) mass is 199 g/mol. The number of ether oxygens (including phenoxy) is 1. The lowest BCUT2D eigenvalue weighted by atomic mass is 10.2. The van der Waals surface area contributed by atoms with Gasteiger partial charge >= 0.3 is 6.09 Å². The molecule has 1 N–H and O–H groups in total. The lowest BCUT2D eigenvalue weighted by Gasteiger charge is -2.11. The van der Waals surface area contributed by atoms with Crippen molar-refractivity contribution in [3.63, 3.8) is 0 Å². The molecule has 14 heavy (non-hydrogen) atoms. The van der Waals surface area contributed by atoms with Crippen LogP contribution < -0.4 is 5.32 Å². The number of carbonyl (C=O) groups excluding carboxylic acids is 2. The van der Waals surface area contributed by atoms with Crippen molar-refractivity contribution >= 4 is 11.9 Å². The number of ketones is 1. The molecule has 0 aliphatic rings. The largest absolute Gasteiger partial charge is 0.447 e. The second kappa shape index (κ2) is 6.18. The maximum absolute atomic E-state index is 11.0. The van der Waals surface area contributed by atoms with Crippen molar-refractivity contribution in [1.29, 1.82) is 0 Å². The van der Waals surface area contributed by atoms with E-state index in [1.807, 2.05) is 6.92 Å². The molecule has 0 saturated carbocycles. The van der Waals surface area contributed by atoms with Crippen molar-refractivity contribution in [2.75, 3.05) is 6.54 Å². The van der Waals surface area contributed by atoms with Gasteiger partial charge in [0.05, 0.1) is 6.54 Å².